The predicted octanol–water partition coefficient (Wildman–Crippen LogP) is 4.69. The highest BCUT2D eigenvalue weighted by molar-refractivity contribution is 5.68. The molecule has 0 spiro atoms. The van der Waals surface area contributed by atoms with Gasteiger partial charge in [0.05, 0.1) is 31.3 Å². The zero-order chi connectivity index (χ0) is 22.5. The maximum Gasteiger partial charge on any atom is 0.165 e. The van der Waals surface area contributed by atoms with Crippen LogP contribution in [0.5, 0.6) is 17.2 Å². The molecule has 0 fully saturated rings. The zero-order valence-electron chi connectivity index (χ0n) is 19.1. The summed E-state index contributed by atoms with van der Waals surface area (Å²) in [6.45, 7) is 6.98. The van der Waals surface area contributed by atoms with E-state index in [2.05, 4.69) is 40.2 Å². The highest BCUT2D eigenvalue weighted by atomic mass is 16.5. The van der Waals surface area contributed by atoms with E-state index < -0.39 is 0 Å². The lowest BCUT2D eigenvalue weighted by molar-refractivity contribution is 0.238. The van der Waals surface area contributed by atoms with Crippen LogP contribution in [-0.2, 0) is 6.54 Å². The summed E-state index contributed by atoms with van der Waals surface area (Å²) in [4.78, 5) is 11.6. The fraction of sp³-hybridized carbons (Fsp3) is 0.308. The van der Waals surface area contributed by atoms with E-state index in [0.29, 0.717) is 6.61 Å². The molecule has 1 aliphatic heterocycles. The summed E-state index contributed by atoms with van der Waals surface area (Å²) in [5, 5.41) is 0. The Labute approximate surface area is 189 Å². The number of aryl methyl sites for hydroxylation is 2. The number of aromatic nitrogens is 2. The van der Waals surface area contributed by atoms with Gasteiger partial charge >= 0.3 is 0 Å². The van der Waals surface area contributed by atoms with E-state index in [-0.39, 0.29) is 0 Å². The van der Waals surface area contributed by atoms with Crippen molar-refractivity contribution in [3.63, 3.8) is 0 Å². The van der Waals surface area contributed by atoms with Crippen molar-refractivity contribution < 1.29 is 14.2 Å². The third-order valence-electron chi connectivity index (χ3n) is 5.54. The molecule has 2 aromatic carbocycles. The van der Waals surface area contributed by atoms with Gasteiger partial charge in [-0.15, -0.1) is 0 Å². The molecular weight excluding hydrogens is 402 g/mol. The molecule has 3 aromatic rings. The second kappa shape index (κ2) is 9.83. The molecule has 166 valence electrons. The van der Waals surface area contributed by atoms with Crippen LogP contribution >= 0.6 is 0 Å². The third kappa shape index (κ3) is 4.92. The fourth-order valence-corrected chi connectivity index (χ4v) is 3.85. The van der Waals surface area contributed by atoms with Crippen LogP contribution in [0.1, 0.15) is 22.5 Å². The smallest absolute Gasteiger partial charge is 0.165 e. The Hall–Kier alpha value is -3.38. The normalized spacial score (nSPS) is 14.0. The van der Waals surface area contributed by atoms with Crippen molar-refractivity contribution in [1.82, 2.24) is 14.9 Å². The molecule has 6 heteroatoms. The number of benzene rings is 2. The Morgan fingerprint density at radius 3 is 2.66 bits per heavy atom. The molecule has 0 N–H and O–H groups in total. The summed E-state index contributed by atoms with van der Waals surface area (Å²) in [6, 6.07) is 12.2. The topological polar surface area (TPSA) is 56.7 Å². The Kier molecular flexibility index (Phi) is 6.71. The first-order valence-electron chi connectivity index (χ1n) is 10.7. The lowest BCUT2D eigenvalue weighted by Crippen LogP contribution is -2.25. The van der Waals surface area contributed by atoms with Crippen molar-refractivity contribution in [2.24, 2.45) is 0 Å². The third-order valence-corrected chi connectivity index (χ3v) is 5.54. The van der Waals surface area contributed by atoms with Crippen molar-refractivity contribution >= 4 is 6.08 Å². The molecule has 0 amide bonds. The van der Waals surface area contributed by atoms with Crippen LogP contribution in [0.4, 0.5) is 0 Å². The Bertz CT molecular complexity index is 1110. The lowest BCUT2D eigenvalue weighted by Gasteiger charge is -2.18. The minimum Gasteiger partial charge on any atom is -0.497 e. The molecule has 0 radical (unpaired) electrons. The quantitative estimate of drug-likeness (QED) is 0.565. The first-order chi connectivity index (χ1) is 15.6. The molecule has 2 heterocycles. The average molecular weight is 432 g/mol. The van der Waals surface area contributed by atoms with Crippen LogP contribution in [0.3, 0.4) is 0 Å². The molecule has 0 saturated heterocycles. The van der Waals surface area contributed by atoms with Crippen LogP contribution in [0, 0.1) is 13.8 Å². The zero-order valence-corrected chi connectivity index (χ0v) is 19.1. The molecule has 6 nitrogen and oxygen atoms in total. The standard InChI is InChI=1S/C26H29N3O3/c1-18-16-27-19(2)25(28-18)21-14-22-17-29(12-13-32-26(22)24(15-21)31-4)11-5-6-20-7-9-23(30-3)10-8-20/h5-10,14-16H,11-13,17H2,1-4H3/b6-5+. The molecule has 0 saturated carbocycles. The second-order valence-corrected chi connectivity index (χ2v) is 7.87. The fourth-order valence-electron chi connectivity index (χ4n) is 3.85. The molecule has 4 rings (SSSR count). The summed E-state index contributed by atoms with van der Waals surface area (Å²) in [7, 11) is 3.36. The van der Waals surface area contributed by atoms with Crippen molar-refractivity contribution in [3.8, 4) is 28.5 Å². The van der Waals surface area contributed by atoms with Crippen LogP contribution < -0.4 is 14.2 Å². The molecular formula is C26H29N3O3. The van der Waals surface area contributed by atoms with Crippen LogP contribution in [0.15, 0.2) is 48.7 Å². The van der Waals surface area contributed by atoms with Gasteiger partial charge in [0.1, 0.15) is 12.4 Å². The Morgan fingerprint density at radius 1 is 1.09 bits per heavy atom. The lowest BCUT2D eigenvalue weighted by atomic mass is 10.0. The highest BCUT2D eigenvalue weighted by Crippen LogP contribution is 2.38. The SMILES string of the molecule is COc1ccc(/C=C/CN2CCOc3c(cc(-c4nc(C)cnc4C)cc3OC)C2)cc1. The first-order valence-corrected chi connectivity index (χ1v) is 10.7. The number of methoxy groups -OCH3 is 2. The van der Waals surface area contributed by atoms with E-state index in [0.717, 1.165) is 70.7 Å². The van der Waals surface area contributed by atoms with E-state index >= 15 is 0 Å². The monoisotopic (exact) mass is 431 g/mol. The van der Waals surface area contributed by atoms with Crippen molar-refractivity contribution in [1.29, 1.82) is 0 Å². The van der Waals surface area contributed by atoms with Gasteiger partial charge in [0, 0.05) is 37.0 Å². The minimum atomic E-state index is 0.613. The number of nitrogens with zero attached hydrogens (tertiary/aromatic N) is 3. The minimum absolute atomic E-state index is 0.613. The van der Waals surface area contributed by atoms with Crippen molar-refractivity contribution in [3.05, 3.63) is 71.2 Å². The van der Waals surface area contributed by atoms with Crippen LogP contribution in [0.2, 0.25) is 0 Å². The number of hydrogen-bond acceptors (Lipinski definition) is 6. The summed E-state index contributed by atoms with van der Waals surface area (Å²) in [5.41, 5.74) is 5.90. The summed E-state index contributed by atoms with van der Waals surface area (Å²) in [6.07, 6.45) is 6.11. The van der Waals surface area contributed by atoms with Gasteiger partial charge < -0.3 is 14.2 Å². The van der Waals surface area contributed by atoms with Gasteiger partial charge in [-0.3, -0.25) is 9.88 Å². The van der Waals surface area contributed by atoms with Gasteiger partial charge in [-0.2, -0.15) is 0 Å². The van der Waals surface area contributed by atoms with Crippen LogP contribution in [-0.4, -0.2) is 48.8 Å². The largest absolute Gasteiger partial charge is 0.497 e. The summed E-state index contributed by atoms with van der Waals surface area (Å²) in [5.74, 6) is 2.41. The van der Waals surface area contributed by atoms with Gasteiger partial charge in [0.15, 0.2) is 11.5 Å². The number of rotatable bonds is 6. The molecule has 0 bridgehead atoms. The molecule has 1 aliphatic rings. The predicted molar refractivity (Wildman–Crippen MR) is 126 cm³/mol. The number of fused-ring (bicyclic) bond motifs is 1. The van der Waals surface area contributed by atoms with E-state index in [4.69, 9.17) is 19.2 Å². The highest BCUT2D eigenvalue weighted by Gasteiger charge is 2.21. The maximum absolute atomic E-state index is 6.10. The number of hydrogen-bond donors (Lipinski definition) is 0. The maximum atomic E-state index is 6.10. The first kappa shape index (κ1) is 21.8. The molecule has 0 atom stereocenters. The van der Waals surface area contributed by atoms with E-state index in [1.54, 1.807) is 20.4 Å². The molecule has 0 aliphatic carbocycles. The summed E-state index contributed by atoms with van der Waals surface area (Å²) >= 11 is 0. The van der Waals surface area contributed by atoms with Gasteiger partial charge in [-0.05, 0) is 43.7 Å². The Morgan fingerprint density at radius 2 is 1.91 bits per heavy atom. The van der Waals surface area contributed by atoms with Crippen molar-refractivity contribution in [2.75, 3.05) is 33.9 Å². The van der Waals surface area contributed by atoms with Gasteiger partial charge in [-0.1, -0.05) is 24.3 Å². The van der Waals surface area contributed by atoms with Gasteiger partial charge in [0.2, 0.25) is 0 Å². The number of ether oxygens (including phenoxy) is 3. The molecule has 32 heavy (non-hydrogen) atoms. The van der Waals surface area contributed by atoms with E-state index in [1.165, 1.54) is 0 Å². The van der Waals surface area contributed by atoms with Crippen LogP contribution in [0.25, 0.3) is 17.3 Å². The van der Waals surface area contributed by atoms with E-state index in [1.807, 2.05) is 32.0 Å². The summed E-state index contributed by atoms with van der Waals surface area (Å²) < 4.78 is 17.0. The molecule has 1 aromatic heterocycles. The average Bonchev–Trinajstić information content (AvgIpc) is 3.02. The molecule has 0 unspecified atom stereocenters. The Balaban J connectivity index is 1.56. The van der Waals surface area contributed by atoms with Gasteiger partial charge in [-0.25, -0.2) is 4.98 Å². The second-order valence-electron chi connectivity index (χ2n) is 7.87. The van der Waals surface area contributed by atoms with Crippen molar-refractivity contribution in [2.45, 2.75) is 20.4 Å². The van der Waals surface area contributed by atoms with Gasteiger partial charge in [0.25, 0.3) is 0 Å². The van der Waals surface area contributed by atoms with E-state index in [9.17, 15) is 0 Å².